The van der Waals surface area contributed by atoms with E-state index in [-0.39, 0.29) is 16.9 Å². The van der Waals surface area contributed by atoms with Crippen molar-refractivity contribution < 1.29 is 19.8 Å². The summed E-state index contributed by atoms with van der Waals surface area (Å²) in [5.41, 5.74) is 0.165. The smallest absolute Gasteiger partial charge is 0.339 e. The minimum atomic E-state index is -1.25. The number of benzene rings is 1. The van der Waals surface area contributed by atoms with Crippen molar-refractivity contribution in [2.45, 2.75) is 0 Å². The molecular formula is C13H9ClN2O4. The highest BCUT2D eigenvalue weighted by atomic mass is 35.5. The fourth-order valence-electron chi connectivity index (χ4n) is 1.50. The third kappa shape index (κ3) is 3.04. The molecule has 0 saturated carbocycles. The first-order valence-corrected chi connectivity index (χ1v) is 5.84. The van der Waals surface area contributed by atoms with E-state index in [1.165, 1.54) is 30.5 Å². The molecule has 102 valence electrons. The predicted octanol–water partition coefficient (Wildman–Crippen LogP) is 2.39. The van der Waals surface area contributed by atoms with Crippen LogP contribution in [-0.2, 0) is 0 Å². The van der Waals surface area contributed by atoms with Gasteiger partial charge < -0.3 is 15.5 Å². The summed E-state index contributed by atoms with van der Waals surface area (Å²) in [7, 11) is 0. The van der Waals surface area contributed by atoms with E-state index in [0.717, 1.165) is 6.07 Å². The van der Waals surface area contributed by atoms with Crippen LogP contribution in [-0.4, -0.2) is 27.1 Å². The van der Waals surface area contributed by atoms with Crippen molar-refractivity contribution in [1.82, 2.24) is 4.98 Å². The summed E-state index contributed by atoms with van der Waals surface area (Å²) in [5.74, 6) is -2.18. The highest BCUT2D eigenvalue weighted by Crippen LogP contribution is 2.22. The number of hydrogen-bond acceptors (Lipinski definition) is 4. The van der Waals surface area contributed by atoms with Crippen LogP contribution in [0.4, 0.5) is 5.69 Å². The summed E-state index contributed by atoms with van der Waals surface area (Å²) in [4.78, 5) is 26.4. The number of amides is 1. The van der Waals surface area contributed by atoms with Crippen LogP contribution in [0.15, 0.2) is 36.5 Å². The van der Waals surface area contributed by atoms with Crippen LogP contribution in [0.2, 0.25) is 5.02 Å². The number of halogens is 1. The Morgan fingerprint density at radius 3 is 2.50 bits per heavy atom. The molecular weight excluding hydrogens is 284 g/mol. The average Bonchev–Trinajstić information content (AvgIpc) is 2.39. The summed E-state index contributed by atoms with van der Waals surface area (Å²) < 4.78 is 0. The van der Waals surface area contributed by atoms with E-state index >= 15 is 0 Å². The number of carbonyl (C=O) groups excluding carboxylic acids is 1. The lowest BCUT2D eigenvalue weighted by Gasteiger charge is -2.06. The number of nitrogens with zero attached hydrogens (tertiary/aromatic N) is 1. The molecule has 0 fully saturated rings. The Hall–Kier alpha value is -2.60. The summed E-state index contributed by atoms with van der Waals surface area (Å²) in [6, 6.07) is 6.69. The second-order valence-corrected chi connectivity index (χ2v) is 4.29. The monoisotopic (exact) mass is 292 g/mol. The summed E-state index contributed by atoms with van der Waals surface area (Å²) >= 11 is 5.66. The third-order valence-corrected chi connectivity index (χ3v) is 2.67. The second kappa shape index (κ2) is 5.58. The number of carbonyl (C=O) groups is 2. The van der Waals surface area contributed by atoms with Gasteiger partial charge in [0.05, 0.1) is 5.02 Å². The van der Waals surface area contributed by atoms with Gasteiger partial charge in [-0.15, -0.1) is 0 Å². The molecule has 2 rings (SSSR count). The zero-order valence-electron chi connectivity index (χ0n) is 10.0. The van der Waals surface area contributed by atoms with Gasteiger partial charge in [-0.05, 0) is 24.3 Å². The Morgan fingerprint density at radius 2 is 1.95 bits per heavy atom. The Balaban J connectivity index is 2.18. The molecule has 0 aliphatic rings. The quantitative estimate of drug-likeness (QED) is 0.806. The lowest BCUT2D eigenvalue weighted by molar-refractivity contribution is 0.0693. The minimum absolute atomic E-state index is 0.149. The van der Waals surface area contributed by atoms with Crippen LogP contribution >= 0.6 is 11.6 Å². The van der Waals surface area contributed by atoms with Gasteiger partial charge in [-0.1, -0.05) is 11.6 Å². The van der Waals surface area contributed by atoms with Crippen molar-refractivity contribution in [1.29, 1.82) is 0 Å². The van der Waals surface area contributed by atoms with Gasteiger partial charge in [-0.2, -0.15) is 0 Å². The number of nitrogens with one attached hydrogen (secondary N) is 1. The van der Waals surface area contributed by atoms with E-state index in [1.807, 2.05) is 0 Å². The normalized spacial score (nSPS) is 10.1. The van der Waals surface area contributed by atoms with Crippen molar-refractivity contribution in [3.05, 3.63) is 52.8 Å². The molecule has 0 saturated heterocycles. The number of anilines is 1. The predicted molar refractivity (Wildman–Crippen MR) is 72.3 cm³/mol. The van der Waals surface area contributed by atoms with Gasteiger partial charge in [-0.25, -0.2) is 9.78 Å². The summed E-state index contributed by atoms with van der Waals surface area (Å²) in [5, 5.41) is 21.2. The zero-order valence-corrected chi connectivity index (χ0v) is 10.8. The van der Waals surface area contributed by atoms with Gasteiger partial charge >= 0.3 is 5.97 Å². The van der Waals surface area contributed by atoms with Crippen LogP contribution in [0.1, 0.15) is 20.8 Å². The van der Waals surface area contributed by atoms with Gasteiger partial charge in [0.25, 0.3) is 5.91 Å². The highest BCUT2D eigenvalue weighted by Gasteiger charge is 2.12. The average molecular weight is 293 g/mol. The zero-order chi connectivity index (χ0) is 14.7. The first-order valence-electron chi connectivity index (χ1n) is 5.46. The van der Waals surface area contributed by atoms with E-state index in [2.05, 4.69) is 10.3 Å². The SMILES string of the molecule is O=C(Nc1ccc(C(=O)O)c(O)c1)c1ccc(Cl)cn1. The Kier molecular flexibility index (Phi) is 3.86. The molecule has 0 unspecified atom stereocenters. The standard InChI is InChI=1S/C13H9ClN2O4/c14-7-1-4-10(15-6-7)12(18)16-8-2-3-9(13(19)20)11(17)5-8/h1-6,17H,(H,16,18)(H,19,20). The number of carboxylic acids is 1. The number of aromatic carboxylic acids is 1. The van der Waals surface area contributed by atoms with Gasteiger partial charge in [0, 0.05) is 18.0 Å². The number of pyridine rings is 1. The first-order chi connectivity index (χ1) is 9.47. The number of aromatic nitrogens is 1. The van der Waals surface area contributed by atoms with Crippen LogP contribution in [0, 0.1) is 0 Å². The minimum Gasteiger partial charge on any atom is -0.507 e. The van der Waals surface area contributed by atoms with E-state index < -0.39 is 17.6 Å². The molecule has 0 spiro atoms. The van der Waals surface area contributed by atoms with Gasteiger partial charge in [0.2, 0.25) is 0 Å². The fourth-order valence-corrected chi connectivity index (χ4v) is 1.61. The van der Waals surface area contributed by atoms with Crippen molar-refractivity contribution in [2.75, 3.05) is 5.32 Å². The van der Waals surface area contributed by atoms with Crippen molar-refractivity contribution in [3.63, 3.8) is 0 Å². The maximum Gasteiger partial charge on any atom is 0.339 e. The molecule has 0 atom stereocenters. The number of phenols is 1. The van der Waals surface area contributed by atoms with Gasteiger partial charge in [0.1, 0.15) is 17.0 Å². The molecule has 0 radical (unpaired) electrons. The third-order valence-electron chi connectivity index (χ3n) is 2.45. The van der Waals surface area contributed by atoms with Crippen molar-refractivity contribution in [3.8, 4) is 5.75 Å². The molecule has 0 aliphatic carbocycles. The lowest BCUT2D eigenvalue weighted by atomic mass is 10.2. The lowest BCUT2D eigenvalue weighted by Crippen LogP contribution is -2.13. The molecule has 0 bridgehead atoms. The molecule has 1 heterocycles. The van der Waals surface area contributed by atoms with Crippen LogP contribution in [0.5, 0.6) is 5.75 Å². The van der Waals surface area contributed by atoms with Crippen molar-refractivity contribution >= 4 is 29.2 Å². The van der Waals surface area contributed by atoms with Crippen LogP contribution < -0.4 is 5.32 Å². The molecule has 2 aromatic rings. The molecule has 6 nitrogen and oxygen atoms in total. The second-order valence-electron chi connectivity index (χ2n) is 3.85. The summed E-state index contributed by atoms with van der Waals surface area (Å²) in [6.07, 6.45) is 1.33. The molecule has 1 amide bonds. The molecule has 3 N–H and O–H groups in total. The van der Waals surface area contributed by atoms with Crippen LogP contribution in [0.25, 0.3) is 0 Å². The Morgan fingerprint density at radius 1 is 1.20 bits per heavy atom. The number of aromatic hydroxyl groups is 1. The highest BCUT2D eigenvalue weighted by molar-refractivity contribution is 6.30. The van der Waals surface area contributed by atoms with Gasteiger partial charge in [0.15, 0.2) is 0 Å². The van der Waals surface area contributed by atoms with E-state index in [0.29, 0.717) is 5.02 Å². The largest absolute Gasteiger partial charge is 0.507 e. The first kappa shape index (κ1) is 13.8. The molecule has 1 aromatic carbocycles. The maximum atomic E-state index is 11.8. The number of hydrogen-bond donors (Lipinski definition) is 3. The summed E-state index contributed by atoms with van der Waals surface area (Å²) in [6.45, 7) is 0. The van der Waals surface area contributed by atoms with E-state index in [9.17, 15) is 14.7 Å². The Labute approximate surface area is 118 Å². The van der Waals surface area contributed by atoms with Crippen LogP contribution in [0.3, 0.4) is 0 Å². The van der Waals surface area contributed by atoms with E-state index in [1.54, 1.807) is 0 Å². The Bertz CT molecular complexity index is 671. The molecule has 7 heteroatoms. The maximum absolute atomic E-state index is 11.8. The van der Waals surface area contributed by atoms with E-state index in [4.69, 9.17) is 16.7 Å². The fraction of sp³-hybridized carbons (Fsp3) is 0. The molecule has 1 aromatic heterocycles. The number of carboxylic acid groups (broad SMARTS) is 1. The topological polar surface area (TPSA) is 99.5 Å². The van der Waals surface area contributed by atoms with Crippen molar-refractivity contribution in [2.24, 2.45) is 0 Å². The number of rotatable bonds is 3. The molecule has 20 heavy (non-hydrogen) atoms. The molecule has 0 aliphatic heterocycles. The van der Waals surface area contributed by atoms with Gasteiger partial charge in [-0.3, -0.25) is 4.79 Å².